The second-order valence-electron chi connectivity index (χ2n) is 3.84. The lowest BCUT2D eigenvalue weighted by molar-refractivity contribution is 0.207. The Hall–Kier alpha value is -0.0100. The van der Waals surface area contributed by atoms with E-state index in [1.165, 1.54) is 32.1 Å². The van der Waals surface area contributed by atoms with E-state index in [4.69, 9.17) is 11.6 Å². The molecular formula is C11H19ClO. The highest BCUT2D eigenvalue weighted by atomic mass is 35.5. The predicted molar refractivity (Wildman–Crippen MR) is 56.9 cm³/mol. The molecule has 0 radical (unpaired) electrons. The molecule has 1 nitrogen and oxygen atoms in total. The van der Waals surface area contributed by atoms with Crippen LogP contribution in [0.4, 0.5) is 0 Å². The van der Waals surface area contributed by atoms with E-state index >= 15 is 0 Å². The molecule has 0 saturated heterocycles. The lowest BCUT2D eigenvalue weighted by Gasteiger charge is -2.04. The molecular weight excluding hydrogens is 184 g/mol. The van der Waals surface area contributed by atoms with Gasteiger partial charge in [-0.05, 0) is 25.3 Å². The van der Waals surface area contributed by atoms with Crippen LogP contribution in [0.5, 0.6) is 0 Å². The molecule has 0 aromatic carbocycles. The van der Waals surface area contributed by atoms with E-state index in [9.17, 15) is 5.11 Å². The highest BCUT2D eigenvalue weighted by molar-refractivity contribution is 6.29. The number of hydrogen-bond donors (Lipinski definition) is 1. The molecule has 0 bridgehead atoms. The number of aliphatic hydroxyl groups is 1. The van der Waals surface area contributed by atoms with Crippen molar-refractivity contribution in [2.45, 2.75) is 57.5 Å². The first-order valence-electron chi connectivity index (χ1n) is 5.33. The molecule has 0 spiro atoms. The monoisotopic (exact) mass is 202 g/mol. The Kier molecular flexibility index (Phi) is 5.49. The van der Waals surface area contributed by atoms with Crippen molar-refractivity contribution < 1.29 is 5.11 Å². The van der Waals surface area contributed by atoms with Gasteiger partial charge in [0.15, 0.2) is 0 Å². The SMILES string of the molecule is OC1C=C(Cl)CCCCCCCC1. The minimum absolute atomic E-state index is 0.314. The van der Waals surface area contributed by atoms with Crippen molar-refractivity contribution in [2.24, 2.45) is 0 Å². The topological polar surface area (TPSA) is 20.2 Å². The summed E-state index contributed by atoms with van der Waals surface area (Å²) in [6, 6.07) is 0. The maximum atomic E-state index is 9.53. The van der Waals surface area contributed by atoms with Crippen LogP contribution < -0.4 is 0 Å². The summed E-state index contributed by atoms with van der Waals surface area (Å²) >= 11 is 5.97. The summed E-state index contributed by atoms with van der Waals surface area (Å²) in [7, 11) is 0. The van der Waals surface area contributed by atoms with Crippen molar-refractivity contribution in [2.75, 3.05) is 0 Å². The lowest BCUT2D eigenvalue weighted by Crippen LogP contribution is -2.02. The van der Waals surface area contributed by atoms with Gasteiger partial charge in [0.1, 0.15) is 0 Å². The molecule has 13 heavy (non-hydrogen) atoms. The van der Waals surface area contributed by atoms with Crippen LogP contribution in [0.25, 0.3) is 0 Å². The van der Waals surface area contributed by atoms with Crippen LogP contribution in [0.2, 0.25) is 0 Å². The molecule has 1 rings (SSSR count). The molecule has 1 unspecified atom stereocenters. The Morgan fingerprint density at radius 2 is 1.69 bits per heavy atom. The minimum Gasteiger partial charge on any atom is -0.389 e. The van der Waals surface area contributed by atoms with Crippen molar-refractivity contribution in [3.05, 3.63) is 11.1 Å². The quantitative estimate of drug-likeness (QED) is 0.637. The third-order valence-corrected chi connectivity index (χ3v) is 2.85. The molecule has 2 heteroatoms. The summed E-state index contributed by atoms with van der Waals surface area (Å²) < 4.78 is 0. The molecule has 1 atom stereocenters. The van der Waals surface area contributed by atoms with Crippen LogP contribution in [0.3, 0.4) is 0 Å². The van der Waals surface area contributed by atoms with Gasteiger partial charge in [0.2, 0.25) is 0 Å². The van der Waals surface area contributed by atoms with Gasteiger partial charge < -0.3 is 5.11 Å². The van der Waals surface area contributed by atoms with Crippen molar-refractivity contribution in [3.63, 3.8) is 0 Å². The Morgan fingerprint density at radius 3 is 2.46 bits per heavy atom. The molecule has 0 amide bonds. The van der Waals surface area contributed by atoms with Crippen molar-refractivity contribution in [3.8, 4) is 0 Å². The van der Waals surface area contributed by atoms with E-state index in [2.05, 4.69) is 0 Å². The van der Waals surface area contributed by atoms with Crippen LogP contribution in [-0.4, -0.2) is 11.2 Å². The molecule has 0 heterocycles. The molecule has 1 aliphatic rings. The van der Waals surface area contributed by atoms with Crippen LogP contribution in [0.15, 0.2) is 11.1 Å². The van der Waals surface area contributed by atoms with E-state index < -0.39 is 0 Å². The van der Waals surface area contributed by atoms with Crippen LogP contribution in [-0.2, 0) is 0 Å². The molecule has 1 N–H and O–H groups in total. The van der Waals surface area contributed by atoms with Gasteiger partial charge in [-0.15, -0.1) is 0 Å². The van der Waals surface area contributed by atoms with E-state index in [-0.39, 0.29) is 6.10 Å². The van der Waals surface area contributed by atoms with Gasteiger partial charge in [-0.3, -0.25) is 0 Å². The van der Waals surface area contributed by atoms with Gasteiger partial charge in [0, 0.05) is 5.03 Å². The third kappa shape index (κ3) is 5.33. The summed E-state index contributed by atoms with van der Waals surface area (Å²) in [5.41, 5.74) is 0. The summed E-state index contributed by atoms with van der Waals surface area (Å²) in [4.78, 5) is 0. The van der Waals surface area contributed by atoms with E-state index in [1.807, 2.05) is 6.08 Å². The number of hydrogen-bond acceptors (Lipinski definition) is 1. The van der Waals surface area contributed by atoms with Gasteiger partial charge in [-0.1, -0.05) is 43.7 Å². The molecule has 0 aromatic rings. The van der Waals surface area contributed by atoms with Gasteiger partial charge in [0.05, 0.1) is 6.10 Å². The zero-order chi connectivity index (χ0) is 9.52. The summed E-state index contributed by atoms with van der Waals surface area (Å²) in [5.74, 6) is 0. The largest absolute Gasteiger partial charge is 0.389 e. The highest BCUT2D eigenvalue weighted by Crippen LogP contribution is 2.18. The maximum absolute atomic E-state index is 9.53. The van der Waals surface area contributed by atoms with E-state index in [1.54, 1.807) is 0 Å². The van der Waals surface area contributed by atoms with Crippen LogP contribution >= 0.6 is 11.6 Å². The minimum atomic E-state index is -0.314. The van der Waals surface area contributed by atoms with Crippen molar-refractivity contribution >= 4 is 11.6 Å². The van der Waals surface area contributed by atoms with Gasteiger partial charge in [-0.25, -0.2) is 0 Å². The second-order valence-corrected chi connectivity index (χ2v) is 4.33. The summed E-state index contributed by atoms with van der Waals surface area (Å²) in [5, 5.41) is 10.4. The molecule has 76 valence electrons. The molecule has 0 saturated carbocycles. The highest BCUT2D eigenvalue weighted by Gasteiger charge is 2.04. The first kappa shape index (κ1) is 11.1. The Balaban J connectivity index is 2.38. The average molecular weight is 203 g/mol. The maximum Gasteiger partial charge on any atom is 0.0735 e. The standard InChI is InChI=1S/C11H19ClO/c12-10-7-5-3-1-2-4-6-8-11(13)9-10/h9,11,13H,1-8H2. The fourth-order valence-electron chi connectivity index (χ4n) is 1.73. The smallest absolute Gasteiger partial charge is 0.0735 e. The normalized spacial score (nSPS) is 27.5. The average Bonchev–Trinajstić information content (AvgIpc) is 2.11. The Morgan fingerprint density at radius 1 is 1.08 bits per heavy atom. The second kappa shape index (κ2) is 6.44. The Labute approximate surface area is 85.8 Å². The number of allylic oxidation sites excluding steroid dienone is 1. The molecule has 0 fully saturated rings. The van der Waals surface area contributed by atoms with Crippen molar-refractivity contribution in [1.82, 2.24) is 0 Å². The molecule has 1 aliphatic carbocycles. The van der Waals surface area contributed by atoms with Gasteiger partial charge >= 0.3 is 0 Å². The fourth-order valence-corrected chi connectivity index (χ4v) is 2.01. The van der Waals surface area contributed by atoms with E-state index in [0.29, 0.717) is 0 Å². The first-order chi connectivity index (χ1) is 6.29. The number of halogens is 1. The molecule has 0 aliphatic heterocycles. The van der Waals surface area contributed by atoms with Gasteiger partial charge in [0.25, 0.3) is 0 Å². The molecule has 0 aromatic heterocycles. The zero-order valence-electron chi connectivity index (χ0n) is 8.14. The van der Waals surface area contributed by atoms with Crippen LogP contribution in [0.1, 0.15) is 51.4 Å². The lowest BCUT2D eigenvalue weighted by atomic mass is 10.1. The van der Waals surface area contributed by atoms with Gasteiger partial charge in [-0.2, -0.15) is 0 Å². The first-order valence-corrected chi connectivity index (χ1v) is 5.71. The number of rotatable bonds is 0. The number of aliphatic hydroxyl groups excluding tert-OH is 1. The summed E-state index contributed by atoms with van der Waals surface area (Å²) in [6.07, 6.45) is 10.8. The van der Waals surface area contributed by atoms with E-state index in [0.717, 1.165) is 24.3 Å². The van der Waals surface area contributed by atoms with Crippen molar-refractivity contribution in [1.29, 1.82) is 0 Å². The van der Waals surface area contributed by atoms with Crippen LogP contribution in [0, 0.1) is 0 Å². The predicted octanol–water partition coefficient (Wildman–Crippen LogP) is 3.60. The Bertz CT molecular complexity index is 165. The fraction of sp³-hybridized carbons (Fsp3) is 0.818. The summed E-state index contributed by atoms with van der Waals surface area (Å²) in [6.45, 7) is 0. The third-order valence-electron chi connectivity index (χ3n) is 2.54. The zero-order valence-corrected chi connectivity index (χ0v) is 8.89.